The number of hydrogen-bond donors (Lipinski definition) is 0. The predicted molar refractivity (Wildman–Crippen MR) is 86.1 cm³/mol. The number of rotatable bonds is 4. The third-order valence-electron chi connectivity index (χ3n) is 5.05. The molecule has 0 saturated heterocycles. The quantitative estimate of drug-likeness (QED) is 0.826. The van der Waals surface area contributed by atoms with Gasteiger partial charge in [0.1, 0.15) is 17.6 Å². The second-order valence-corrected chi connectivity index (χ2v) is 5.99. The molecule has 0 aliphatic heterocycles. The van der Waals surface area contributed by atoms with Crippen LogP contribution in [0, 0.1) is 0 Å². The minimum Gasteiger partial charge on any atom is -0.368 e. The van der Waals surface area contributed by atoms with Gasteiger partial charge < -0.3 is 9.42 Å². The van der Waals surface area contributed by atoms with Crippen LogP contribution < -0.4 is 4.90 Å². The van der Waals surface area contributed by atoms with Crippen LogP contribution in [0.2, 0.25) is 0 Å². The first-order valence-corrected chi connectivity index (χ1v) is 7.97. The topological polar surface area (TPSA) is 29.3 Å². The fourth-order valence-corrected chi connectivity index (χ4v) is 3.91. The van der Waals surface area contributed by atoms with E-state index in [0.717, 1.165) is 24.5 Å². The Morgan fingerprint density at radius 1 is 1.05 bits per heavy atom. The van der Waals surface area contributed by atoms with Crippen molar-refractivity contribution < 1.29 is 4.52 Å². The molecule has 0 saturated carbocycles. The van der Waals surface area contributed by atoms with Crippen LogP contribution in [0.3, 0.4) is 0 Å². The first kappa shape index (κ1) is 14.2. The van der Waals surface area contributed by atoms with E-state index < -0.39 is 0 Å². The van der Waals surface area contributed by atoms with E-state index in [1.165, 1.54) is 11.1 Å². The minimum atomic E-state index is 0.400. The Labute approximate surface area is 126 Å². The van der Waals surface area contributed by atoms with E-state index in [2.05, 4.69) is 62.0 Å². The van der Waals surface area contributed by atoms with Crippen LogP contribution in [0.15, 0.2) is 35.1 Å². The lowest BCUT2D eigenvalue weighted by Crippen LogP contribution is -2.23. The van der Waals surface area contributed by atoms with Gasteiger partial charge in [-0.2, -0.15) is 0 Å². The number of hydrogen-bond acceptors (Lipinski definition) is 3. The van der Waals surface area contributed by atoms with E-state index in [-0.39, 0.29) is 0 Å². The van der Waals surface area contributed by atoms with Gasteiger partial charge in [0.05, 0.1) is 0 Å². The lowest BCUT2D eigenvalue weighted by molar-refractivity contribution is 0.395. The van der Waals surface area contributed by atoms with Crippen molar-refractivity contribution in [3.63, 3.8) is 0 Å². The summed E-state index contributed by atoms with van der Waals surface area (Å²) in [4.78, 5) is 2.33. The molecule has 0 bridgehead atoms. The molecule has 2 aromatic rings. The number of nitrogens with zero attached hydrogens (tertiary/aromatic N) is 2. The molecule has 1 aromatic heterocycles. The molecule has 0 N–H and O–H groups in total. The van der Waals surface area contributed by atoms with E-state index in [1.807, 2.05) is 6.26 Å². The SMILES string of the molecule is CCN(CC)c1conc1C1C(C)c2ccccc2C1C. The highest BCUT2D eigenvalue weighted by Gasteiger charge is 2.39. The Bertz CT molecular complexity index is 586. The Hall–Kier alpha value is -1.77. The summed E-state index contributed by atoms with van der Waals surface area (Å²) in [5.74, 6) is 1.36. The van der Waals surface area contributed by atoms with Crippen LogP contribution >= 0.6 is 0 Å². The zero-order valence-electron chi connectivity index (χ0n) is 13.3. The molecule has 0 radical (unpaired) electrons. The molecule has 3 nitrogen and oxygen atoms in total. The normalized spacial score (nSPS) is 24.1. The summed E-state index contributed by atoms with van der Waals surface area (Å²) in [6.45, 7) is 10.9. The summed E-state index contributed by atoms with van der Waals surface area (Å²) < 4.78 is 5.35. The monoisotopic (exact) mass is 284 g/mol. The zero-order valence-corrected chi connectivity index (χ0v) is 13.3. The molecule has 3 rings (SSSR count). The molecule has 1 aliphatic rings. The van der Waals surface area contributed by atoms with Crippen molar-refractivity contribution in [1.82, 2.24) is 5.16 Å². The molecule has 3 heteroatoms. The molecule has 21 heavy (non-hydrogen) atoms. The maximum atomic E-state index is 5.35. The molecule has 0 spiro atoms. The van der Waals surface area contributed by atoms with Crippen LogP contribution in [-0.4, -0.2) is 18.2 Å². The van der Waals surface area contributed by atoms with Gasteiger partial charge in [-0.1, -0.05) is 43.3 Å². The number of benzene rings is 1. The van der Waals surface area contributed by atoms with Crippen LogP contribution in [0.4, 0.5) is 5.69 Å². The fourth-order valence-electron chi connectivity index (χ4n) is 3.91. The highest BCUT2D eigenvalue weighted by Crippen LogP contribution is 2.52. The maximum Gasteiger partial charge on any atom is 0.147 e. The van der Waals surface area contributed by atoms with Crippen molar-refractivity contribution in [3.05, 3.63) is 47.3 Å². The van der Waals surface area contributed by atoms with Crippen LogP contribution in [0.5, 0.6) is 0 Å². The highest BCUT2D eigenvalue weighted by molar-refractivity contribution is 5.54. The van der Waals surface area contributed by atoms with E-state index >= 15 is 0 Å². The Morgan fingerprint density at radius 3 is 2.14 bits per heavy atom. The highest BCUT2D eigenvalue weighted by atomic mass is 16.5. The van der Waals surface area contributed by atoms with Gasteiger partial charge in [-0.05, 0) is 36.8 Å². The number of fused-ring (bicyclic) bond motifs is 1. The Kier molecular flexibility index (Phi) is 3.75. The lowest BCUT2D eigenvalue weighted by Gasteiger charge is -2.24. The summed E-state index contributed by atoms with van der Waals surface area (Å²) in [5, 5.41) is 4.38. The largest absolute Gasteiger partial charge is 0.368 e. The predicted octanol–water partition coefficient (Wildman–Crippen LogP) is 4.53. The molecule has 2 unspecified atom stereocenters. The van der Waals surface area contributed by atoms with Gasteiger partial charge in [0.2, 0.25) is 0 Å². The summed E-state index contributed by atoms with van der Waals surface area (Å²) in [6, 6.07) is 8.79. The van der Waals surface area contributed by atoms with Gasteiger partial charge in [0.15, 0.2) is 0 Å². The van der Waals surface area contributed by atoms with Gasteiger partial charge >= 0.3 is 0 Å². The third kappa shape index (κ3) is 2.15. The Balaban J connectivity index is 2.02. The van der Waals surface area contributed by atoms with E-state index in [9.17, 15) is 0 Å². The Morgan fingerprint density at radius 2 is 1.62 bits per heavy atom. The van der Waals surface area contributed by atoms with Gasteiger partial charge in [-0.3, -0.25) is 0 Å². The van der Waals surface area contributed by atoms with Crippen molar-refractivity contribution in [3.8, 4) is 0 Å². The van der Waals surface area contributed by atoms with Crippen molar-refractivity contribution >= 4 is 5.69 Å². The van der Waals surface area contributed by atoms with E-state index in [4.69, 9.17) is 4.52 Å². The minimum absolute atomic E-state index is 0.400. The first-order valence-electron chi connectivity index (χ1n) is 7.97. The third-order valence-corrected chi connectivity index (χ3v) is 5.05. The molecule has 0 amide bonds. The zero-order chi connectivity index (χ0) is 15.0. The summed E-state index contributed by atoms with van der Waals surface area (Å²) in [6.07, 6.45) is 1.81. The molecular formula is C18H24N2O. The van der Waals surface area contributed by atoms with Crippen LogP contribution in [-0.2, 0) is 0 Å². The average molecular weight is 284 g/mol. The fraction of sp³-hybridized carbons (Fsp3) is 0.500. The van der Waals surface area contributed by atoms with Crippen LogP contribution in [0.1, 0.15) is 62.3 Å². The second-order valence-electron chi connectivity index (χ2n) is 5.99. The van der Waals surface area contributed by atoms with Crippen molar-refractivity contribution in [2.75, 3.05) is 18.0 Å². The second kappa shape index (κ2) is 5.55. The smallest absolute Gasteiger partial charge is 0.147 e. The van der Waals surface area contributed by atoms with Crippen molar-refractivity contribution in [1.29, 1.82) is 0 Å². The molecule has 1 aliphatic carbocycles. The van der Waals surface area contributed by atoms with Gasteiger partial charge in [0.25, 0.3) is 0 Å². The molecule has 1 aromatic carbocycles. The number of aromatic nitrogens is 1. The van der Waals surface area contributed by atoms with Crippen molar-refractivity contribution in [2.45, 2.75) is 45.4 Å². The first-order chi connectivity index (χ1) is 10.2. The summed E-state index contributed by atoms with van der Waals surface area (Å²) >= 11 is 0. The standard InChI is InChI=1S/C18H24N2O/c1-5-20(6-2)16-11-21-19-18(16)17-12(3)14-9-7-8-10-15(14)13(17)4/h7-13,17H,5-6H2,1-4H3. The van der Waals surface area contributed by atoms with Gasteiger partial charge in [0, 0.05) is 19.0 Å². The van der Waals surface area contributed by atoms with Gasteiger partial charge in [-0.25, -0.2) is 0 Å². The van der Waals surface area contributed by atoms with Gasteiger partial charge in [-0.15, -0.1) is 0 Å². The molecule has 2 atom stereocenters. The number of anilines is 1. The lowest BCUT2D eigenvalue weighted by atomic mass is 9.85. The molecule has 0 fully saturated rings. The van der Waals surface area contributed by atoms with Crippen LogP contribution in [0.25, 0.3) is 0 Å². The summed E-state index contributed by atoms with van der Waals surface area (Å²) in [7, 11) is 0. The van der Waals surface area contributed by atoms with Crippen molar-refractivity contribution in [2.24, 2.45) is 0 Å². The summed E-state index contributed by atoms with van der Waals surface area (Å²) in [5.41, 5.74) is 5.21. The molecule has 1 heterocycles. The van der Waals surface area contributed by atoms with E-state index in [0.29, 0.717) is 17.8 Å². The maximum absolute atomic E-state index is 5.35. The average Bonchev–Trinajstić information content (AvgIpc) is 3.06. The van der Waals surface area contributed by atoms with E-state index in [1.54, 1.807) is 0 Å². The molecule has 112 valence electrons. The molecular weight excluding hydrogens is 260 g/mol.